The van der Waals surface area contributed by atoms with Gasteiger partial charge in [0.1, 0.15) is 5.03 Å². The molecule has 2 rings (SSSR count). The highest BCUT2D eigenvalue weighted by molar-refractivity contribution is 7.99. The molecule has 0 saturated heterocycles. The predicted molar refractivity (Wildman–Crippen MR) is 70.6 cm³/mol. The van der Waals surface area contributed by atoms with Gasteiger partial charge in [-0.25, -0.2) is 18.5 Å². The van der Waals surface area contributed by atoms with Crippen LogP contribution in [0.2, 0.25) is 0 Å². The van der Waals surface area contributed by atoms with Gasteiger partial charge in [0, 0.05) is 16.8 Å². The van der Waals surface area contributed by atoms with E-state index in [0.29, 0.717) is 5.69 Å². The minimum Gasteiger partial charge on any atom is -0.398 e. The molecule has 4 N–H and O–H groups in total. The SMILES string of the molecule is Nc1cc(S(N)(=O)=O)ccc1Sc1ccccn1. The number of hydrogen-bond donors (Lipinski definition) is 2. The normalized spacial score (nSPS) is 11.4. The summed E-state index contributed by atoms with van der Waals surface area (Å²) in [5, 5.41) is 5.81. The summed E-state index contributed by atoms with van der Waals surface area (Å²) >= 11 is 1.36. The molecule has 0 aliphatic carbocycles. The lowest BCUT2D eigenvalue weighted by Gasteiger charge is -2.06. The summed E-state index contributed by atoms with van der Waals surface area (Å²) in [6.45, 7) is 0. The third-order valence-corrected chi connectivity index (χ3v) is 4.12. The second-order valence-electron chi connectivity index (χ2n) is 3.51. The first-order valence-corrected chi connectivity index (χ1v) is 7.34. The Morgan fingerprint density at radius 1 is 1.17 bits per heavy atom. The maximum Gasteiger partial charge on any atom is 0.238 e. The molecule has 94 valence electrons. The number of benzene rings is 1. The molecule has 0 unspecified atom stereocenters. The van der Waals surface area contributed by atoms with Crippen LogP contribution in [-0.4, -0.2) is 13.4 Å². The zero-order chi connectivity index (χ0) is 13.2. The van der Waals surface area contributed by atoms with Gasteiger partial charge >= 0.3 is 0 Å². The molecule has 7 heteroatoms. The number of nitrogens with two attached hydrogens (primary N) is 2. The van der Waals surface area contributed by atoms with Gasteiger partial charge in [0.05, 0.1) is 4.90 Å². The molecule has 1 aromatic carbocycles. The fourth-order valence-electron chi connectivity index (χ4n) is 1.32. The fourth-order valence-corrected chi connectivity index (χ4v) is 2.66. The van der Waals surface area contributed by atoms with Gasteiger partial charge in [-0.2, -0.15) is 0 Å². The van der Waals surface area contributed by atoms with Crippen LogP contribution in [0.1, 0.15) is 0 Å². The largest absolute Gasteiger partial charge is 0.398 e. The highest BCUT2D eigenvalue weighted by Gasteiger charge is 2.10. The van der Waals surface area contributed by atoms with Gasteiger partial charge in [-0.3, -0.25) is 0 Å². The molecule has 0 saturated carbocycles. The summed E-state index contributed by atoms with van der Waals surface area (Å²) < 4.78 is 22.3. The zero-order valence-corrected chi connectivity index (χ0v) is 10.9. The van der Waals surface area contributed by atoms with Crippen LogP contribution in [0, 0.1) is 0 Å². The molecule has 0 bridgehead atoms. The number of anilines is 1. The van der Waals surface area contributed by atoms with E-state index in [1.807, 2.05) is 18.2 Å². The second kappa shape index (κ2) is 4.97. The predicted octanol–water partition coefficient (Wildman–Crippen LogP) is 1.46. The average Bonchev–Trinajstić information content (AvgIpc) is 2.32. The van der Waals surface area contributed by atoms with Gasteiger partial charge < -0.3 is 5.73 Å². The molecule has 0 aliphatic heterocycles. The van der Waals surface area contributed by atoms with Crippen LogP contribution in [0.25, 0.3) is 0 Å². The molecular weight excluding hydrogens is 270 g/mol. The molecule has 0 atom stereocenters. The minimum absolute atomic E-state index is 0.00497. The van der Waals surface area contributed by atoms with E-state index in [0.717, 1.165) is 9.92 Å². The lowest BCUT2D eigenvalue weighted by atomic mass is 10.3. The molecule has 0 aliphatic rings. The Balaban J connectivity index is 2.32. The average molecular weight is 281 g/mol. The van der Waals surface area contributed by atoms with Crippen LogP contribution in [0.15, 0.2) is 57.4 Å². The Morgan fingerprint density at radius 2 is 1.94 bits per heavy atom. The summed E-state index contributed by atoms with van der Waals surface area (Å²) in [4.78, 5) is 4.89. The Bertz CT molecular complexity index is 657. The summed E-state index contributed by atoms with van der Waals surface area (Å²) in [7, 11) is -3.72. The van der Waals surface area contributed by atoms with Crippen molar-refractivity contribution in [2.45, 2.75) is 14.8 Å². The van der Waals surface area contributed by atoms with E-state index >= 15 is 0 Å². The van der Waals surface area contributed by atoms with Crippen LogP contribution < -0.4 is 10.9 Å². The van der Waals surface area contributed by atoms with Crippen molar-refractivity contribution in [1.29, 1.82) is 0 Å². The molecule has 0 radical (unpaired) electrons. The molecule has 1 aromatic heterocycles. The van der Waals surface area contributed by atoms with Crippen molar-refractivity contribution in [2.24, 2.45) is 5.14 Å². The molecule has 18 heavy (non-hydrogen) atoms. The third-order valence-electron chi connectivity index (χ3n) is 2.16. The van der Waals surface area contributed by atoms with E-state index in [1.165, 1.54) is 23.9 Å². The lowest BCUT2D eigenvalue weighted by Crippen LogP contribution is -2.12. The number of aromatic nitrogens is 1. The molecule has 2 aromatic rings. The molecule has 5 nitrogen and oxygen atoms in total. The molecule has 0 amide bonds. The number of primary sulfonamides is 1. The van der Waals surface area contributed by atoms with Crippen molar-refractivity contribution >= 4 is 27.5 Å². The highest BCUT2D eigenvalue weighted by Crippen LogP contribution is 2.31. The van der Waals surface area contributed by atoms with E-state index in [4.69, 9.17) is 10.9 Å². The fraction of sp³-hybridized carbons (Fsp3) is 0. The van der Waals surface area contributed by atoms with Crippen LogP contribution in [0.4, 0.5) is 5.69 Å². The summed E-state index contributed by atoms with van der Waals surface area (Å²) in [5.41, 5.74) is 6.16. The van der Waals surface area contributed by atoms with Gasteiger partial charge in [-0.1, -0.05) is 17.8 Å². The first-order valence-electron chi connectivity index (χ1n) is 4.98. The second-order valence-corrected chi connectivity index (χ2v) is 6.14. The summed E-state index contributed by atoms with van der Waals surface area (Å²) in [6.07, 6.45) is 1.68. The van der Waals surface area contributed by atoms with Crippen molar-refractivity contribution in [2.75, 3.05) is 5.73 Å². The first kappa shape index (κ1) is 12.9. The summed E-state index contributed by atoms with van der Waals surface area (Å²) in [5.74, 6) is 0. The lowest BCUT2D eigenvalue weighted by molar-refractivity contribution is 0.598. The van der Waals surface area contributed by atoms with Gasteiger partial charge in [0.2, 0.25) is 10.0 Å². The Kier molecular flexibility index (Phi) is 3.55. The number of rotatable bonds is 3. The standard InChI is InChI=1S/C11H11N3O2S2/c12-9-7-8(18(13,15)16)4-5-10(9)17-11-3-1-2-6-14-11/h1-7H,12H2,(H2,13,15,16). The van der Waals surface area contributed by atoms with Gasteiger partial charge in [0.15, 0.2) is 0 Å². The van der Waals surface area contributed by atoms with E-state index in [9.17, 15) is 8.42 Å². The van der Waals surface area contributed by atoms with E-state index < -0.39 is 10.0 Å². The van der Waals surface area contributed by atoms with Crippen molar-refractivity contribution < 1.29 is 8.42 Å². The van der Waals surface area contributed by atoms with Gasteiger partial charge in [-0.05, 0) is 30.3 Å². The number of hydrogen-bond acceptors (Lipinski definition) is 5. The van der Waals surface area contributed by atoms with Crippen molar-refractivity contribution in [3.8, 4) is 0 Å². The van der Waals surface area contributed by atoms with Crippen molar-refractivity contribution in [3.05, 3.63) is 42.6 Å². The van der Waals surface area contributed by atoms with Crippen LogP contribution in [-0.2, 0) is 10.0 Å². The number of pyridine rings is 1. The van der Waals surface area contributed by atoms with E-state index in [2.05, 4.69) is 4.98 Å². The van der Waals surface area contributed by atoms with Crippen molar-refractivity contribution in [3.63, 3.8) is 0 Å². The number of nitrogen functional groups attached to an aromatic ring is 1. The summed E-state index contributed by atoms with van der Waals surface area (Å²) in [6, 6.07) is 9.92. The number of sulfonamides is 1. The van der Waals surface area contributed by atoms with Crippen LogP contribution >= 0.6 is 11.8 Å². The monoisotopic (exact) mass is 281 g/mol. The molecule has 0 spiro atoms. The molecule has 1 heterocycles. The quantitative estimate of drug-likeness (QED) is 0.830. The smallest absolute Gasteiger partial charge is 0.238 e. The van der Waals surface area contributed by atoms with Crippen molar-refractivity contribution in [1.82, 2.24) is 4.98 Å². The Hall–Kier alpha value is -1.57. The van der Waals surface area contributed by atoms with Gasteiger partial charge in [0.25, 0.3) is 0 Å². The van der Waals surface area contributed by atoms with E-state index in [1.54, 1.807) is 12.3 Å². The van der Waals surface area contributed by atoms with Crippen LogP contribution in [0.5, 0.6) is 0 Å². The highest BCUT2D eigenvalue weighted by atomic mass is 32.2. The molecular formula is C11H11N3O2S2. The Labute approximate surface area is 109 Å². The third kappa shape index (κ3) is 3.00. The number of nitrogens with zero attached hydrogens (tertiary/aromatic N) is 1. The zero-order valence-electron chi connectivity index (χ0n) is 9.28. The maximum absolute atomic E-state index is 11.2. The minimum atomic E-state index is -3.72. The Morgan fingerprint density at radius 3 is 2.50 bits per heavy atom. The first-order chi connectivity index (χ1) is 8.47. The topological polar surface area (TPSA) is 99.1 Å². The van der Waals surface area contributed by atoms with Crippen LogP contribution in [0.3, 0.4) is 0 Å². The maximum atomic E-state index is 11.2. The molecule has 0 fully saturated rings. The van der Waals surface area contributed by atoms with Gasteiger partial charge in [-0.15, -0.1) is 0 Å². The van der Waals surface area contributed by atoms with E-state index in [-0.39, 0.29) is 4.90 Å².